The zero-order valence-electron chi connectivity index (χ0n) is 14.1. The highest BCUT2D eigenvalue weighted by atomic mass is 79.9. The molecule has 0 aliphatic carbocycles. The van der Waals surface area contributed by atoms with Gasteiger partial charge in [-0.3, -0.25) is 4.98 Å². The Morgan fingerprint density at radius 2 is 2.17 bits per heavy atom. The van der Waals surface area contributed by atoms with Crippen LogP contribution in [0.25, 0.3) is 5.57 Å². The number of alkyl halides is 1. The van der Waals surface area contributed by atoms with Gasteiger partial charge in [-0.05, 0) is 38.8 Å². The predicted octanol–water partition coefficient (Wildman–Crippen LogP) is 4.01. The molecule has 5 nitrogen and oxygen atoms in total. The highest BCUT2D eigenvalue weighted by Gasteiger charge is 2.24. The van der Waals surface area contributed by atoms with Crippen molar-refractivity contribution >= 4 is 27.6 Å². The van der Waals surface area contributed by atoms with Crippen molar-refractivity contribution in [3.05, 3.63) is 29.6 Å². The molecule has 1 amide bonds. The van der Waals surface area contributed by atoms with Crippen molar-refractivity contribution in [2.45, 2.75) is 38.1 Å². The van der Waals surface area contributed by atoms with E-state index in [4.69, 9.17) is 9.47 Å². The smallest absolute Gasteiger partial charge is 0.410 e. The molecule has 23 heavy (non-hydrogen) atoms. The zero-order chi connectivity index (χ0) is 17.0. The molecule has 0 radical (unpaired) electrons. The molecule has 1 aliphatic heterocycles. The number of nitrogens with zero attached hydrogens (tertiary/aromatic N) is 2. The molecule has 1 aromatic heterocycles. The molecule has 1 aromatic rings. The summed E-state index contributed by atoms with van der Waals surface area (Å²) in [5, 5.41) is 0.680. The third kappa shape index (κ3) is 4.70. The second kappa shape index (κ2) is 7.34. The average Bonchev–Trinajstić information content (AvgIpc) is 2.52. The van der Waals surface area contributed by atoms with Crippen LogP contribution >= 0.6 is 15.9 Å². The standard InChI is InChI=1S/C17H23BrN2O3/c1-17(2,3)23-16(21)20-7-5-12(6-8-20)14-9-13(22-4)11-19-15(14)10-18/h5,9,11H,6-8,10H2,1-4H3. The number of methoxy groups -OCH3 is 1. The van der Waals surface area contributed by atoms with Gasteiger partial charge in [0.2, 0.25) is 0 Å². The summed E-state index contributed by atoms with van der Waals surface area (Å²) >= 11 is 3.47. The Morgan fingerprint density at radius 1 is 1.43 bits per heavy atom. The summed E-state index contributed by atoms with van der Waals surface area (Å²) in [6, 6.07) is 2.00. The fraction of sp³-hybridized carbons (Fsp3) is 0.529. The number of aromatic nitrogens is 1. The Labute approximate surface area is 145 Å². The molecule has 0 aromatic carbocycles. The first kappa shape index (κ1) is 17.8. The molecular weight excluding hydrogens is 360 g/mol. The van der Waals surface area contributed by atoms with Gasteiger partial charge in [-0.2, -0.15) is 0 Å². The average molecular weight is 383 g/mol. The molecule has 1 aliphatic rings. The van der Waals surface area contributed by atoms with Gasteiger partial charge in [0.15, 0.2) is 0 Å². The minimum absolute atomic E-state index is 0.266. The number of hydrogen-bond donors (Lipinski definition) is 0. The second-order valence-electron chi connectivity index (χ2n) is 6.41. The van der Waals surface area contributed by atoms with Gasteiger partial charge in [0.25, 0.3) is 0 Å². The Morgan fingerprint density at radius 3 is 2.70 bits per heavy atom. The highest BCUT2D eigenvalue weighted by Crippen LogP contribution is 2.29. The molecule has 0 atom stereocenters. The van der Waals surface area contributed by atoms with Gasteiger partial charge in [0.1, 0.15) is 11.4 Å². The first-order valence-electron chi connectivity index (χ1n) is 7.60. The largest absolute Gasteiger partial charge is 0.495 e. The van der Waals surface area contributed by atoms with Crippen molar-refractivity contribution in [3.63, 3.8) is 0 Å². The third-order valence-electron chi connectivity index (χ3n) is 3.51. The van der Waals surface area contributed by atoms with Crippen LogP contribution in [0.3, 0.4) is 0 Å². The number of pyridine rings is 1. The van der Waals surface area contributed by atoms with Crippen LogP contribution in [-0.4, -0.2) is 41.8 Å². The van der Waals surface area contributed by atoms with E-state index in [9.17, 15) is 4.79 Å². The van der Waals surface area contributed by atoms with E-state index in [0.717, 1.165) is 23.4 Å². The van der Waals surface area contributed by atoms with Gasteiger partial charge in [-0.15, -0.1) is 0 Å². The van der Waals surface area contributed by atoms with E-state index < -0.39 is 5.60 Å². The number of hydrogen-bond acceptors (Lipinski definition) is 4. The van der Waals surface area contributed by atoms with Gasteiger partial charge in [0.05, 0.1) is 19.0 Å². The molecule has 0 unspecified atom stereocenters. The van der Waals surface area contributed by atoms with Crippen LogP contribution in [0.4, 0.5) is 4.79 Å². The number of amides is 1. The molecule has 2 rings (SSSR count). The molecule has 0 spiro atoms. The van der Waals surface area contributed by atoms with Crippen LogP contribution in [-0.2, 0) is 10.1 Å². The van der Waals surface area contributed by atoms with Crippen LogP contribution in [0.2, 0.25) is 0 Å². The monoisotopic (exact) mass is 382 g/mol. The molecule has 2 heterocycles. The van der Waals surface area contributed by atoms with Crippen LogP contribution in [0.5, 0.6) is 5.75 Å². The van der Waals surface area contributed by atoms with Crippen molar-refractivity contribution in [2.24, 2.45) is 0 Å². The summed E-state index contributed by atoms with van der Waals surface area (Å²) in [7, 11) is 1.63. The number of ether oxygens (including phenoxy) is 2. The lowest BCUT2D eigenvalue weighted by Gasteiger charge is -2.30. The maximum absolute atomic E-state index is 12.1. The summed E-state index contributed by atoms with van der Waals surface area (Å²) < 4.78 is 10.7. The first-order chi connectivity index (χ1) is 10.8. The number of rotatable bonds is 3. The number of carbonyl (C=O) groups excluding carboxylic acids is 1. The van der Waals surface area contributed by atoms with Crippen LogP contribution < -0.4 is 4.74 Å². The van der Waals surface area contributed by atoms with Crippen LogP contribution in [0, 0.1) is 0 Å². The maximum Gasteiger partial charge on any atom is 0.410 e. The Hall–Kier alpha value is -1.56. The van der Waals surface area contributed by atoms with E-state index in [2.05, 4.69) is 27.0 Å². The van der Waals surface area contributed by atoms with Gasteiger partial charge in [-0.25, -0.2) is 4.79 Å². The first-order valence-corrected chi connectivity index (χ1v) is 8.72. The van der Waals surface area contributed by atoms with E-state index in [0.29, 0.717) is 18.4 Å². The summed E-state index contributed by atoms with van der Waals surface area (Å²) in [4.78, 5) is 18.3. The van der Waals surface area contributed by atoms with Gasteiger partial charge in [-0.1, -0.05) is 22.0 Å². The molecule has 0 N–H and O–H groups in total. The fourth-order valence-corrected chi connectivity index (χ4v) is 2.82. The lowest BCUT2D eigenvalue weighted by Crippen LogP contribution is -2.39. The summed E-state index contributed by atoms with van der Waals surface area (Å²) in [5.41, 5.74) is 2.76. The molecule has 0 fully saturated rings. The Balaban J connectivity index is 2.14. The quantitative estimate of drug-likeness (QED) is 0.741. The molecule has 0 bridgehead atoms. The lowest BCUT2D eigenvalue weighted by atomic mass is 9.98. The van der Waals surface area contributed by atoms with Crippen molar-refractivity contribution < 1.29 is 14.3 Å². The summed E-state index contributed by atoms with van der Waals surface area (Å²) in [6.07, 6.45) is 4.29. The second-order valence-corrected chi connectivity index (χ2v) is 6.97. The Kier molecular flexibility index (Phi) is 5.68. The van der Waals surface area contributed by atoms with E-state index in [-0.39, 0.29) is 6.09 Å². The van der Waals surface area contributed by atoms with E-state index in [1.807, 2.05) is 26.8 Å². The Bertz CT molecular complexity index is 608. The van der Waals surface area contributed by atoms with Gasteiger partial charge >= 0.3 is 6.09 Å². The topological polar surface area (TPSA) is 51.7 Å². The SMILES string of the molecule is COc1cnc(CBr)c(C2=CCN(C(=O)OC(C)(C)C)CC2)c1. The lowest BCUT2D eigenvalue weighted by molar-refractivity contribution is 0.0270. The normalized spacial score (nSPS) is 15.2. The van der Waals surface area contributed by atoms with Crippen LogP contribution in [0.15, 0.2) is 18.3 Å². The van der Waals surface area contributed by atoms with E-state index in [1.54, 1.807) is 18.2 Å². The third-order valence-corrected chi connectivity index (χ3v) is 4.05. The number of halogens is 1. The fourth-order valence-electron chi connectivity index (χ4n) is 2.38. The molecule has 6 heteroatoms. The molecular formula is C17H23BrN2O3. The number of carbonyl (C=O) groups is 1. The molecule has 0 saturated heterocycles. The van der Waals surface area contributed by atoms with Crippen molar-refractivity contribution in [1.82, 2.24) is 9.88 Å². The molecule has 126 valence electrons. The van der Waals surface area contributed by atoms with Crippen molar-refractivity contribution in [1.29, 1.82) is 0 Å². The van der Waals surface area contributed by atoms with Gasteiger partial charge in [0, 0.05) is 24.0 Å². The van der Waals surface area contributed by atoms with Crippen molar-refractivity contribution in [3.8, 4) is 5.75 Å². The summed E-state index contributed by atoms with van der Waals surface area (Å²) in [5.74, 6) is 0.736. The van der Waals surface area contributed by atoms with Gasteiger partial charge < -0.3 is 14.4 Å². The van der Waals surface area contributed by atoms with E-state index >= 15 is 0 Å². The van der Waals surface area contributed by atoms with Crippen LogP contribution in [0.1, 0.15) is 38.4 Å². The zero-order valence-corrected chi connectivity index (χ0v) is 15.6. The predicted molar refractivity (Wildman–Crippen MR) is 93.8 cm³/mol. The highest BCUT2D eigenvalue weighted by molar-refractivity contribution is 9.08. The summed E-state index contributed by atoms with van der Waals surface area (Å²) in [6.45, 7) is 6.81. The van der Waals surface area contributed by atoms with Crippen molar-refractivity contribution in [2.75, 3.05) is 20.2 Å². The maximum atomic E-state index is 12.1. The minimum Gasteiger partial charge on any atom is -0.495 e. The minimum atomic E-state index is -0.471. The van der Waals surface area contributed by atoms with E-state index in [1.165, 1.54) is 5.57 Å². The molecule has 0 saturated carbocycles.